The Balaban J connectivity index is 2.38. The Morgan fingerprint density at radius 3 is 2.64 bits per heavy atom. The number of likely N-dealkylation sites (tertiary alicyclic amines) is 1. The predicted molar refractivity (Wildman–Crippen MR) is 87.8 cm³/mol. The highest BCUT2D eigenvalue weighted by molar-refractivity contribution is 7.91. The predicted octanol–water partition coefficient (Wildman–Crippen LogP) is 3.28. The van der Waals surface area contributed by atoms with Crippen molar-refractivity contribution >= 4 is 15.7 Å². The number of amides is 1. The van der Waals surface area contributed by atoms with Crippen molar-refractivity contribution in [1.82, 2.24) is 4.90 Å². The molecule has 0 aromatic heterocycles. The maximum absolute atomic E-state index is 12.9. The lowest BCUT2D eigenvalue weighted by Crippen LogP contribution is -2.43. The van der Waals surface area contributed by atoms with Gasteiger partial charge in [-0.1, -0.05) is 26.0 Å². The van der Waals surface area contributed by atoms with Crippen LogP contribution in [0.1, 0.15) is 56.3 Å². The first-order chi connectivity index (χ1) is 10.5. The Bertz CT molecular complexity index is 625. The lowest BCUT2D eigenvalue weighted by molar-refractivity contribution is 0.0604. The Hall–Kier alpha value is -1.36. The van der Waals surface area contributed by atoms with Gasteiger partial charge in [0, 0.05) is 12.6 Å². The molecule has 1 aromatic rings. The standard InChI is InChI=1S/C17H25NO3S/c1-3-13-22(20,21)16-11-6-5-10-15(16)17(19)18-12-8-7-9-14(18)4-2/h5-6,10-11,14H,3-4,7-9,12-13H2,1-2H3/t14-/m1/s1. The van der Waals surface area contributed by atoms with E-state index in [0.29, 0.717) is 12.0 Å². The molecule has 0 N–H and O–H groups in total. The maximum Gasteiger partial charge on any atom is 0.255 e. The van der Waals surface area contributed by atoms with Crippen molar-refractivity contribution in [2.24, 2.45) is 0 Å². The average molecular weight is 323 g/mol. The van der Waals surface area contributed by atoms with Crippen LogP contribution in [0.15, 0.2) is 29.2 Å². The minimum Gasteiger partial charge on any atom is -0.336 e. The van der Waals surface area contributed by atoms with Crippen LogP contribution in [0.2, 0.25) is 0 Å². The highest BCUT2D eigenvalue weighted by Gasteiger charge is 2.29. The van der Waals surface area contributed by atoms with E-state index >= 15 is 0 Å². The molecule has 1 aliphatic rings. The second kappa shape index (κ2) is 7.27. The van der Waals surface area contributed by atoms with Gasteiger partial charge < -0.3 is 4.90 Å². The van der Waals surface area contributed by atoms with Crippen LogP contribution in [0.25, 0.3) is 0 Å². The Kier molecular flexibility index (Phi) is 5.62. The highest BCUT2D eigenvalue weighted by Crippen LogP contribution is 2.25. The molecule has 1 heterocycles. The molecular formula is C17H25NO3S. The molecule has 1 amide bonds. The SMILES string of the molecule is CCCS(=O)(=O)c1ccccc1C(=O)N1CCCC[C@H]1CC. The lowest BCUT2D eigenvalue weighted by atomic mass is 9.99. The normalized spacial score (nSPS) is 19.2. The third-order valence-electron chi connectivity index (χ3n) is 4.28. The van der Waals surface area contributed by atoms with E-state index in [1.807, 2.05) is 11.8 Å². The lowest BCUT2D eigenvalue weighted by Gasteiger charge is -2.35. The summed E-state index contributed by atoms with van der Waals surface area (Å²) >= 11 is 0. The summed E-state index contributed by atoms with van der Waals surface area (Å²) < 4.78 is 24.8. The van der Waals surface area contributed by atoms with Gasteiger partial charge in [0.2, 0.25) is 0 Å². The quantitative estimate of drug-likeness (QED) is 0.835. The highest BCUT2D eigenvalue weighted by atomic mass is 32.2. The molecule has 1 atom stereocenters. The van der Waals surface area contributed by atoms with E-state index in [0.717, 1.165) is 32.2 Å². The van der Waals surface area contributed by atoms with E-state index in [1.54, 1.807) is 24.3 Å². The van der Waals surface area contributed by atoms with Gasteiger partial charge in [-0.05, 0) is 44.2 Å². The second-order valence-corrected chi connectivity index (χ2v) is 7.95. The summed E-state index contributed by atoms with van der Waals surface area (Å²) in [4.78, 5) is 14.9. The largest absolute Gasteiger partial charge is 0.336 e. The summed E-state index contributed by atoms with van der Waals surface area (Å²) in [5.41, 5.74) is 0.330. The number of carbonyl (C=O) groups is 1. The summed E-state index contributed by atoms with van der Waals surface area (Å²) in [6.45, 7) is 4.63. The Morgan fingerprint density at radius 1 is 1.23 bits per heavy atom. The number of hydrogen-bond donors (Lipinski definition) is 0. The monoisotopic (exact) mass is 323 g/mol. The number of carbonyl (C=O) groups excluding carboxylic acids is 1. The van der Waals surface area contributed by atoms with Crippen molar-refractivity contribution in [2.75, 3.05) is 12.3 Å². The molecule has 2 rings (SSSR count). The first kappa shape index (κ1) is 17.0. The summed E-state index contributed by atoms with van der Waals surface area (Å²) in [6.07, 6.45) is 4.60. The van der Waals surface area contributed by atoms with Crippen LogP contribution in [0.4, 0.5) is 0 Å². The third-order valence-corrected chi connectivity index (χ3v) is 6.26. The molecule has 0 radical (unpaired) electrons. The maximum atomic E-state index is 12.9. The summed E-state index contributed by atoms with van der Waals surface area (Å²) in [5, 5.41) is 0. The zero-order chi connectivity index (χ0) is 16.2. The fraction of sp³-hybridized carbons (Fsp3) is 0.588. The van der Waals surface area contributed by atoms with Gasteiger partial charge in [0.15, 0.2) is 9.84 Å². The van der Waals surface area contributed by atoms with Gasteiger partial charge in [-0.2, -0.15) is 0 Å². The smallest absolute Gasteiger partial charge is 0.255 e. The van der Waals surface area contributed by atoms with E-state index in [-0.39, 0.29) is 22.6 Å². The fourth-order valence-electron chi connectivity index (χ4n) is 3.14. The average Bonchev–Trinajstić information content (AvgIpc) is 2.54. The molecule has 1 aromatic carbocycles. The van der Waals surface area contributed by atoms with Gasteiger partial charge in [0.05, 0.1) is 16.2 Å². The van der Waals surface area contributed by atoms with Gasteiger partial charge >= 0.3 is 0 Å². The van der Waals surface area contributed by atoms with Crippen LogP contribution in [-0.4, -0.2) is 37.6 Å². The molecule has 0 saturated carbocycles. The van der Waals surface area contributed by atoms with Crippen molar-refractivity contribution in [2.45, 2.75) is 56.9 Å². The third kappa shape index (κ3) is 3.51. The fourth-order valence-corrected chi connectivity index (χ4v) is 4.67. The van der Waals surface area contributed by atoms with Crippen molar-refractivity contribution in [3.05, 3.63) is 29.8 Å². The second-order valence-electron chi connectivity index (χ2n) is 5.87. The topological polar surface area (TPSA) is 54.5 Å². The zero-order valence-corrected chi connectivity index (χ0v) is 14.2. The van der Waals surface area contributed by atoms with E-state index in [2.05, 4.69) is 6.92 Å². The number of piperidine rings is 1. The molecule has 1 fully saturated rings. The van der Waals surface area contributed by atoms with Gasteiger partial charge in [0.1, 0.15) is 0 Å². The van der Waals surface area contributed by atoms with E-state index in [4.69, 9.17) is 0 Å². The van der Waals surface area contributed by atoms with Crippen LogP contribution < -0.4 is 0 Å². The molecule has 1 saturated heterocycles. The minimum absolute atomic E-state index is 0.0779. The first-order valence-corrected chi connectivity index (χ1v) is 9.79. The zero-order valence-electron chi connectivity index (χ0n) is 13.4. The van der Waals surface area contributed by atoms with E-state index < -0.39 is 9.84 Å². The van der Waals surface area contributed by atoms with Crippen molar-refractivity contribution in [3.8, 4) is 0 Å². The molecule has 0 unspecified atom stereocenters. The number of benzene rings is 1. The van der Waals surface area contributed by atoms with Crippen LogP contribution >= 0.6 is 0 Å². The Morgan fingerprint density at radius 2 is 1.95 bits per heavy atom. The van der Waals surface area contributed by atoms with Crippen LogP contribution in [0.3, 0.4) is 0 Å². The van der Waals surface area contributed by atoms with Gasteiger partial charge in [-0.15, -0.1) is 0 Å². The van der Waals surface area contributed by atoms with Crippen molar-refractivity contribution < 1.29 is 13.2 Å². The van der Waals surface area contributed by atoms with E-state index in [9.17, 15) is 13.2 Å². The molecule has 22 heavy (non-hydrogen) atoms. The first-order valence-electron chi connectivity index (χ1n) is 8.14. The van der Waals surface area contributed by atoms with Crippen LogP contribution in [-0.2, 0) is 9.84 Å². The molecule has 0 bridgehead atoms. The summed E-state index contributed by atoms with van der Waals surface area (Å²) in [5.74, 6) is -0.0593. The number of hydrogen-bond acceptors (Lipinski definition) is 3. The van der Waals surface area contributed by atoms with Crippen molar-refractivity contribution in [3.63, 3.8) is 0 Å². The molecule has 122 valence electrons. The summed E-state index contributed by atoms with van der Waals surface area (Å²) in [7, 11) is -3.40. The van der Waals surface area contributed by atoms with E-state index in [1.165, 1.54) is 0 Å². The molecule has 4 nitrogen and oxygen atoms in total. The molecular weight excluding hydrogens is 298 g/mol. The molecule has 0 spiro atoms. The van der Waals surface area contributed by atoms with Gasteiger partial charge in [0.25, 0.3) is 5.91 Å². The Labute approximate surface area is 133 Å². The minimum atomic E-state index is -3.40. The number of sulfone groups is 1. The van der Waals surface area contributed by atoms with Gasteiger partial charge in [-0.25, -0.2) is 8.42 Å². The van der Waals surface area contributed by atoms with Crippen LogP contribution in [0.5, 0.6) is 0 Å². The summed E-state index contributed by atoms with van der Waals surface area (Å²) in [6, 6.07) is 6.86. The van der Waals surface area contributed by atoms with Crippen LogP contribution in [0, 0.1) is 0 Å². The van der Waals surface area contributed by atoms with Gasteiger partial charge in [-0.3, -0.25) is 4.79 Å². The molecule has 1 aliphatic heterocycles. The van der Waals surface area contributed by atoms with Crippen molar-refractivity contribution in [1.29, 1.82) is 0 Å². The molecule has 5 heteroatoms. The molecule has 0 aliphatic carbocycles. The number of rotatable bonds is 5. The number of nitrogens with zero attached hydrogens (tertiary/aromatic N) is 1.